The van der Waals surface area contributed by atoms with Crippen LogP contribution >= 0.6 is 34.8 Å². The molecule has 0 bridgehead atoms. The van der Waals surface area contributed by atoms with E-state index < -0.39 is 9.58 Å². The summed E-state index contributed by atoms with van der Waals surface area (Å²) in [6, 6.07) is 25.4. The molecular formula is C20H13Cl3O. The molecule has 0 spiro atoms. The molecule has 0 fully saturated rings. The van der Waals surface area contributed by atoms with Crippen molar-refractivity contribution in [1.82, 2.24) is 0 Å². The van der Waals surface area contributed by atoms with Crippen LogP contribution in [0.1, 0.15) is 10.4 Å². The molecule has 0 N–H and O–H groups in total. The van der Waals surface area contributed by atoms with Gasteiger partial charge in [-0.3, -0.25) is 4.79 Å². The highest BCUT2D eigenvalue weighted by Gasteiger charge is 2.31. The van der Waals surface area contributed by atoms with Crippen LogP contribution < -0.4 is 0 Å². The van der Waals surface area contributed by atoms with Gasteiger partial charge in [0.1, 0.15) is 0 Å². The molecule has 0 aliphatic carbocycles. The van der Waals surface area contributed by atoms with E-state index in [1.165, 1.54) is 0 Å². The van der Waals surface area contributed by atoms with Crippen molar-refractivity contribution in [2.24, 2.45) is 0 Å². The average molecular weight is 376 g/mol. The van der Waals surface area contributed by atoms with Crippen molar-refractivity contribution in [3.8, 4) is 22.3 Å². The Balaban J connectivity index is 2.01. The molecule has 120 valence electrons. The number of ketones is 1. The fourth-order valence-corrected chi connectivity index (χ4v) is 2.90. The highest BCUT2D eigenvalue weighted by atomic mass is 35.6. The summed E-state index contributed by atoms with van der Waals surface area (Å²) < 4.78 is -1.94. The number of carbonyl (C=O) groups excluding carboxylic acids is 1. The zero-order chi connectivity index (χ0) is 17.2. The minimum Gasteiger partial charge on any atom is -0.289 e. The number of carbonyl (C=O) groups is 1. The van der Waals surface area contributed by atoms with Gasteiger partial charge >= 0.3 is 0 Å². The highest BCUT2D eigenvalue weighted by molar-refractivity contribution is 6.77. The van der Waals surface area contributed by atoms with E-state index in [-0.39, 0.29) is 0 Å². The minimum absolute atomic E-state index is 0.371. The number of alkyl halides is 3. The van der Waals surface area contributed by atoms with Crippen molar-refractivity contribution in [3.63, 3.8) is 0 Å². The van der Waals surface area contributed by atoms with Gasteiger partial charge in [-0.2, -0.15) is 0 Å². The number of halogens is 3. The predicted molar refractivity (Wildman–Crippen MR) is 102 cm³/mol. The normalized spacial score (nSPS) is 11.3. The van der Waals surface area contributed by atoms with Crippen LogP contribution in [0.25, 0.3) is 22.3 Å². The SMILES string of the molecule is O=C(c1ccc(-c2ccccc2-c2ccccc2)cc1)C(Cl)(Cl)Cl. The zero-order valence-electron chi connectivity index (χ0n) is 12.5. The van der Waals surface area contributed by atoms with Crippen molar-refractivity contribution in [1.29, 1.82) is 0 Å². The number of hydrogen-bond acceptors (Lipinski definition) is 1. The van der Waals surface area contributed by atoms with Crippen molar-refractivity contribution in [2.45, 2.75) is 3.79 Å². The van der Waals surface area contributed by atoms with Crippen molar-refractivity contribution in [2.75, 3.05) is 0 Å². The molecule has 0 aromatic heterocycles. The van der Waals surface area contributed by atoms with Gasteiger partial charge < -0.3 is 0 Å². The maximum atomic E-state index is 12.0. The second kappa shape index (κ2) is 6.98. The van der Waals surface area contributed by atoms with Crippen molar-refractivity contribution >= 4 is 40.6 Å². The molecule has 0 atom stereocenters. The van der Waals surface area contributed by atoms with Crippen LogP contribution in [0.3, 0.4) is 0 Å². The Kier molecular flexibility index (Phi) is 4.96. The zero-order valence-corrected chi connectivity index (χ0v) is 14.8. The standard InChI is InChI=1S/C20H13Cl3O/c21-20(22,23)19(24)16-12-10-15(11-13-16)18-9-5-4-8-17(18)14-6-2-1-3-7-14/h1-13H. The second-order valence-electron chi connectivity index (χ2n) is 5.32. The first kappa shape index (κ1) is 17.0. The molecule has 0 saturated heterocycles. The van der Waals surface area contributed by atoms with Gasteiger partial charge in [0.05, 0.1) is 0 Å². The number of rotatable bonds is 3. The molecule has 0 unspecified atom stereocenters. The minimum atomic E-state index is -1.94. The summed E-state index contributed by atoms with van der Waals surface area (Å²) in [5, 5.41) is 0. The van der Waals surface area contributed by atoms with Crippen LogP contribution in [0, 0.1) is 0 Å². The van der Waals surface area contributed by atoms with E-state index in [2.05, 4.69) is 18.2 Å². The lowest BCUT2D eigenvalue weighted by molar-refractivity contribution is 0.0996. The van der Waals surface area contributed by atoms with Gasteiger partial charge in [-0.05, 0) is 22.3 Å². The Morgan fingerprint density at radius 3 is 1.58 bits per heavy atom. The van der Waals surface area contributed by atoms with Crippen molar-refractivity contribution in [3.05, 3.63) is 84.4 Å². The summed E-state index contributed by atoms with van der Waals surface area (Å²) >= 11 is 17.0. The summed E-state index contributed by atoms with van der Waals surface area (Å²) in [5.74, 6) is -0.532. The van der Waals surface area contributed by atoms with Crippen LogP contribution in [-0.4, -0.2) is 9.58 Å². The maximum absolute atomic E-state index is 12.0. The van der Waals surface area contributed by atoms with E-state index in [1.54, 1.807) is 12.1 Å². The molecule has 0 amide bonds. The van der Waals surface area contributed by atoms with E-state index in [0.717, 1.165) is 22.3 Å². The van der Waals surface area contributed by atoms with Crippen LogP contribution in [0.5, 0.6) is 0 Å². The molecule has 0 heterocycles. The van der Waals surface area contributed by atoms with E-state index in [4.69, 9.17) is 34.8 Å². The molecular weight excluding hydrogens is 363 g/mol. The van der Waals surface area contributed by atoms with Crippen molar-refractivity contribution < 1.29 is 4.79 Å². The van der Waals surface area contributed by atoms with E-state index in [1.807, 2.05) is 48.5 Å². The Labute approximate surface area is 155 Å². The van der Waals surface area contributed by atoms with Gasteiger partial charge in [0.25, 0.3) is 3.79 Å². The molecule has 0 saturated carbocycles. The first-order valence-electron chi connectivity index (χ1n) is 7.33. The Hall–Kier alpha value is -1.80. The molecule has 3 aromatic rings. The van der Waals surface area contributed by atoms with Gasteiger partial charge in [0.2, 0.25) is 5.78 Å². The third-order valence-electron chi connectivity index (χ3n) is 3.73. The molecule has 3 aromatic carbocycles. The van der Waals surface area contributed by atoms with Crippen LogP contribution in [-0.2, 0) is 0 Å². The fraction of sp³-hybridized carbons (Fsp3) is 0.0500. The number of hydrogen-bond donors (Lipinski definition) is 0. The molecule has 0 radical (unpaired) electrons. The Morgan fingerprint density at radius 2 is 1.08 bits per heavy atom. The predicted octanol–water partition coefficient (Wildman–Crippen LogP) is 6.57. The Morgan fingerprint density at radius 1 is 0.625 bits per heavy atom. The van der Waals surface area contributed by atoms with Crippen LogP contribution in [0.15, 0.2) is 78.9 Å². The quantitative estimate of drug-likeness (QED) is 0.373. The highest BCUT2D eigenvalue weighted by Crippen LogP contribution is 2.34. The second-order valence-corrected chi connectivity index (χ2v) is 7.60. The molecule has 4 heteroatoms. The summed E-state index contributed by atoms with van der Waals surface area (Å²) in [7, 11) is 0. The lowest BCUT2D eigenvalue weighted by atomic mass is 9.94. The summed E-state index contributed by atoms with van der Waals surface area (Å²) in [4.78, 5) is 12.0. The summed E-state index contributed by atoms with van der Waals surface area (Å²) in [6.07, 6.45) is 0. The molecule has 24 heavy (non-hydrogen) atoms. The maximum Gasteiger partial charge on any atom is 0.253 e. The lowest BCUT2D eigenvalue weighted by Crippen LogP contribution is -2.18. The van der Waals surface area contributed by atoms with E-state index in [9.17, 15) is 4.79 Å². The molecule has 0 aliphatic rings. The summed E-state index contributed by atoms with van der Waals surface area (Å²) in [5.41, 5.74) is 4.70. The first-order valence-corrected chi connectivity index (χ1v) is 8.46. The summed E-state index contributed by atoms with van der Waals surface area (Å²) in [6.45, 7) is 0. The van der Waals surface area contributed by atoms with Crippen LogP contribution in [0.4, 0.5) is 0 Å². The topological polar surface area (TPSA) is 17.1 Å². The Bertz CT molecular complexity index is 850. The van der Waals surface area contributed by atoms with Gasteiger partial charge in [-0.15, -0.1) is 0 Å². The monoisotopic (exact) mass is 374 g/mol. The van der Waals surface area contributed by atoms with Gasteiger partial charge in [0, 0.05) is 5.56 Å². The fourth-order valence-electron chi connectivity index (χ4n) is 2.57. The molecule has 0 aliphatic heterocycles. The lowest BCUT2D eigenvalue weighted by Gasteiger charge is -2.12. The van der Waals surface area contributed by atoms with Gasteiger partial charge in [-0.25, -0.2) is 0 Å². The number of benzene rings is 3. The average Bonchev–Trinajstić information content (AvgIpc) is 2.61. The van der Waals surface area contributed by atoms with E-state index >= 15 is 0 Å². The van der Waals surface area contributed by atoms with Gasteiger partial charge in [-0.1, -0.05) is 114 Å². The first-order chi connectivity index (χ1) is 11.5. The van der Waals surface area contributed by atoms with Crippen LogP contribution in [0.2, 0.25) is 0 Å². The largest absolute Gasteiger partial charge is 0.289 e. The third-order valence-corrected chi connectivity index (χ3v) is 4.24. The smallest absolute Gasteiger partial charge is 0.253 e. The molecule has 1 nitrogen and oxygen atoms in total. The van der Waals surface area contributed by atoms with E-state index in [0.29, 0.717) is 5.56 Å². The molecule has 3 rings (SSSR count). The number of Topliss-reactive ketones (excluding diaryl/α,β-unsaturated/α-hetero) is 1. The van der Waals surface area contributed by atoms with Gasteiger partial charge in [0.15, 0.2) is 0 Å². The third kappa shape index (κ3) is 3.64.